The molecule has 1 amide bonds. The maximum Gasteiger partial charge on any atom is 0.241 e. The molecule has 3 N–H and O–H groups in total. The van der Waals surface area contributed by atoms with E-state index in [4.69, 9.17) is 0 Å². The molecule has 3 aromatic rings. The molecule has 0 unspecified atom stereocenters. The number of anilines is 2. The molecule has 2 fully saturated rings. The average molecular weight is 481 g/mol. The van der Waals surface area contributed by atoms with E-state index in [-0.39, 0.29) is 11.9 Å². The van der Waals surface area contributed by atoms with Crippen molar-refractivity contribution in [2.75, 3.05) is 23.3 Å². The molecule has 36 heavy (non-hydrogen) atoms. The summed E-state index contributed by atoms with van der Waals surface area (Å²) in [6.07, 6.45) is 8.97. The Kier molecular flexibility index (Phi) is 8.11. The van der Waals surface area contributed by atoms with Gasteiger partial charge in [0.05, 0.1) is 6.04 Å². The highest BCUT2D eigenvalue weighted by Gasteiger charge is 2.21. The number of amides is 1. The van der Waals surface area contributed by atoms with Gasteiger partial charge < -0.3 is 20.9 Å². The van der Waals surface area contributed by atoms with Crippen molar-refractivity contribution < 1.29 is 4.79 Å². The third-order valence-electron chi connectivity index (χ3n) is 7.07. The van der Waals surface area contributed by atoms with Crippen molar-refractivity contribution >= 4 is 23.4 Å². The van der Waals surface area contributed by atoms with Crippen molar-refractivity contribution in [1.29, 1.82) is 0 Å². The summed E-state index contributed by atoms with van der Waals surface area (Å²) in [4.78, 5) is 14.8. The van der Waals surface area contributed by atoms with Crippen molar-refractivity contribution in [3.05, 3.63) is 102 Å². The molecule has 2 atom stereocenters. The van der Waals surface area contributed by atoms with Crippen molar-refractivity contribution in [1.82, 2.24) is 10.6 Å². The molecule has 0 spiro atoms. The smallest absolute Gasteiger partial charge is 0.241 e. The van der Waals surface area contributed by atoms with Gasteiger partial charge in [0.25, 0.3) is 0 Å². The van der Waals surface area contributed by atoms with E-state index in [1.165, 1.54) is 35.2 Å². The van der Waals surface area contributed by atoms with Gasteiger partial charge in [0.1, 0.15) is 0 Å². The van der Waals surface area contributed by atoms with E-state index < -0.39 is 0 Å². The third-order valence-corrected chi connectivity index (χ3v) is 7.07. The van der Waals surface area contributed by atoms with E-state index in [1.807, 2.05) is 12.1 Å². The zero-order chi connectivity index (χ0) is 24.6. The quantitative estimate of drug-likeness (QED) is 0.387. The van der Waals surface area contributed by atoms with Gasteiger partial charge in [0.2, 0.25) is 5.91 Å². The summed E-state index contributed by atoms with van der Waals surface area (Å²) < 4.78 is 0. The summed E-state index contributed by atoms with van der Waals surface area (Å²) in [5, 5.41) is 9.81. The van der Waals surface area contributed by atoms with Crippen LogP contribution in [0.4, 0.5) is 11.4 Å². The van der Waals surface area contributed by atoms with Gasteiger partial charge >= 0.3 is 0 Å². The van der Waals surface area contributed by atoms with Gasteiger partial charge in [-0.2, -0.15) is 0 Å². The van der Waals surface area contributed by atoms with E-state index in [2.05, 4.69) is 99.7 Å². The Balaban J connectivity index is 1.24. The number of nitrogens with zero attached hydrogens (tertiary/aromatic N) is 1. The Labute approximate surface area is 214 Å². The second-order valence-corrected chi connectivity index (χ2v) is 9.83. The molecule has 0 saturated carbocycles. The zero-order valence-electron chi connectivity index (χ0n) is 20.8. The largest absolute Gasteiger partial charge is 0.363 e. The molecule has 5 heteroatoms. The second kappa shape index (κ2) is 12.0. The summed E-state index contributed by atoms with van der Waals surface area (Å²) in [6, 6.07) is 28.1. The van der Waals surface area contributed by atoms with Crippen LogP contribution in [-0.4, -0.2) is 31.1 Å². The van der Waals surface area contributed by atoms with Crippen molar-refractivity contribution in [3.63, 3.8) is 0 Å². The Morgan fingerprint density at radius 2 is 1.50 bits per heavy atom. The minimum atomic E-state index is -0.0699. The molecule has 3 aromatic carbocycles. The summed E-state index contributed by atoms with van der Waals surface area (Å²) in [5.74, 6) is 0.0592. The molecule has 0 aromatic heterocycles. The SMILES string of the molecule is O=C(Nc1ccc(CN(Cc2ccc(/C=C/[C@@H]3CCCN3)cc2)c2ccccc2)cc1)[C@@H]1CCCN1. The first kappa shape index (κ1) is 24.3. The van der Waals surface area contributed by atoms with Gasteiger partial charge in [-0.15, -0.1) is 0 Å². The molecular formula is C31H36N4O. The van der Waals surface area contributed by atoms with Crippen LogP contribution in [0.25, 0.3) is 6.08 Å². The number of hydrogen-bond acceptors (Lipinski definition) is 4. The molecule has 2 aliphatic heterocycles. The van der Waals surface area contributed by atoms with Crippen LogP contribution in [-0.2, 0) is 17.9 Å². The van der Waals surface area contributed by atoms with Crippen LogP contribution in [0.15, 0.2) is 84.9 Å². The molecule has 186 valence electrons. The predicted octanol–water partition coefficient (Wildman–Crippen LogP) is 5.35. The summed E-state index contributed by atoms with van der Waals surface area (Å²) in [7, 11) is 0. The topological polar surface area (TPSA) is 56.4 Å². The number of hydrogen-bond donors (Lipinski definition) is 3. The van der Waals surface area contributed by atoms with Crippen LogP contribution in [0, 0.1) is 0 Å². The average Bonchev–Trinajstić information content (AvgIpc) is 3.64. The number of para-hydroxylation sites is 1. The molecule has 5 nitrogen and oxygen atoms in total. The van der Waals surface area contributed by atoms with E-state index in [9.17, 15) is 4.79 Å². The Hall–Kier alpha value is -3.41. The highest BCUT2D eigenvalue weighted by Crippen LogP contribution is 2.22. The minimum absolute atomic E-state index is 0.0592. The molecule has 0 aliphatic carbocycles. The summed E-state index contributed by atoms with van der Waals surface area (Å²) in [5.41, 5.74) is 5.77. The number of carbonyl (C=O) groups excluding carboxylic acids is 1. The highest BCUT2D eigenvalue weighted by atomic mass is 16.2. The van der Waals surface area contributed by atoms with Crippen molar-refractivity contribution in [2.45, 2.75) is 50.9 Å². The van der Waals surface area contributed by atoms with E-state index in [0.29, 0.717) is 6.04 Å². The molecular weight excluding hydrogens is 444 g/mol. The summed E-state index contributed by atoms with van der Waals surface area (Å²) >= 11 is 0. The fourth-order valence-electron chi connectivity index (χ4n) is 4.99. The van der Waals surface area contributed by atoms with Gasteiger partial charge in [-0.3, -0.25) is 4.79 Å². The van der Waals surface area contributed by atoms with E-state index >= 15 is 0 Å². The molecule has 0 bridgehead atoms. The van der Waals surface area contributed by atoms with Crippen LogP contribution in [0.1, 0.15) is 42.4 Å². The lowest BCUT2D eigenvalue weighted by molar-refractivity contribution is -0.117. The molecule has 2 aliphatic rings. The molecule has 0 radical (unpaired) electrons. The first-order chi connectivity index (χ1) is 17.7. The van der Waals surface area contributed by atoms with Crippen LogP contribution in [0.3, 0.4) is 0 Å². The Bertz CT molecular complexity index is 1130. The van der Waals surface area contributed by atoms with E-state index in [1.54, 1.807) is 0 Å². The molecule has 2 saturated heterocycles. The van der Waals surface area contributed by atoms with Crippen LogP contribution in [0.5, 0.6) is 0 Å². The standard InChI is InChI=1S/C31H36N4O/c36-31(30-9-5-21-33-30)34-28-18-15-26(16-19-28)23-35(29-7-2-1-3-8-29)22-25-12-10-24(11-13-25)14-17-27-6-4-20-32-27/h1-3,7-8,10-19,27,30,32-33H,4-6,9,20-23H2,(H,34,36)/b17-14+/t27-,30-/m0/s1. The highest BCUT2D eigenvalue weighted by molar-refractivity contribution is 5.95. The Morgan fingerprint density at radius 1 is 0.833 bits per heavy atom. The first-order valence-electron chi connectivity index (χ1n) is 13.2. The van der Waals surface area contributed by atoms with Gasteiger partial charge in [-0.1, -0.05) is 66.7 Å². The third kappa shape index (κ3) is 6.62. The van der Waals surface area contributed by atoms with Crippen molar-refractivity contribution in [2.24, 2.45) is 0 Å². The number of benzene rings is 3. The van der Waals surface area contributed by atoms with E-state index in [0.717, 1.165) is 44.7 Å². The fraction of sp³-hybridized carbons (Fsp3) is 0.323. The lowest BCUT2D eigenvalue weighted by Gasteiger charge is -2.25. The first-order valence-corrected chi connectivity index (χ1v) is 13.2. The van der Waals surface area contributed by atoms with Crippen molar-refractivity contribution in [3.8, 4) is 0 Å². The fourth-order valence-corrected chi connectivity index (χ4v) is 4.99. The lowest BCUT2D eigenvalue weighted by Crippen LogP contribution is -2.35. The maximum atomic E-state index is 12.4. The summed E-state index contributed by atoms with van der Waals surface area (Å²) in [6.45, 7) is 3.66. The van der Waals surface area contributed by atoms with Crippen LogP contribution < -0.4 is 20.9 Å². The molecule has 5 rings (SSSR count). The van der Waals surface area contributed by atoms with Gasteiger partial charge in [0.15, 0.2) is 0 Å². The van der Waals surface area contributed by atoms with Crippen LogP contribution >= 0.6 is 0 Å². The minimum Gasteiger partial charge on any atom is -0.363 e. The number of nitrogens with one attached hydrogen (secondary N) is 3. The van der Waals surface area contributed by atoms with Gasteiger partial charge in [-0.25, -0.2) is 0 Å². The predicted molar refractivity (Wildman–Crippen MR) is 149 cm³/mol. The van der Waals surface area contributed by atoms with Gasteiger partial charge in [-0.05, 0) is 79.7 Å². The Morgan fingerprint density at radius 3 is 2.14 bits per heavy atom. The second-order valence-electron chi connectivity index (χ2n) is 9.83. The lowest BCUT2D eigenvalue weighted by atomic mass is 10.1. The molecule has 2 heterocycles. The monoisotopic (exact) mass is 480 g/mol. The number of carbonyl (C=O) groups is 1. The number of rotatable bonds is 9. The normalized spacial score (nSPS) is 19.6. The maximum absolute atomic E-state index is 12.4. The van der Waals surface area contributed by atoms with Gasteiger partial charge in [0, 0.05) is 30.5 Å². The van der Waals surface area contributed by atoms with Crippen LogP contribution in [0.2, 0.25) is 0 Å². The zero-order valence-corrected chi connectivity index (χ0v) is 20.8.